The Bertz CT molecular complexity index is 793. The van der Waals surface area contributed by atoms with Gasteiger partial charge in [0, 0.05) is 31.0 Å². The third-order valence-electron chi connectivity index (χ3n) is 5.66. The number of carboxylic acid groups (broad SMARTS) is 1. The molecule has 0 fully saturated rings. The maximum absolute atomic E-state index is 13.6. The number of carboxylic acids is 1. The van der Waals surface area contributed by atoms with Gasteiger partial charge in [-0.3, -0.25) is 9.59 Å². The van der Waals surface area contributed by atoms with Gasteiger partial charge in [0.2, 0.25) is 0 Å². The Labute approximate surface area is 200 Å². The van der Waals surface area contributed by atoms with Crippen molar-refractivity contribution in [3.8, 4) is 0 Å². The normalized spacial score (nSPS) is 13.2. The van der Waals surface area contributed by atoms with Gasteiger partial charge in [-0.25, -0.2) is 4.79 Å². The average molecular weight is 458 g/mol. The molecule has 0 unspecified atom stereocenters. The molecule has 0 amide bonds. The summed E-state index contributed by atoms with van der Waals surface area (Å²) in [5.41, 5.74) is 1.27. The quantitative estimate of drug-likeness (QED) is 0.176. The number of allylic oxidation sites excluding steroid dienone is 1. The van der Waals surface area contributed by atoms with E-state index in [4.69, 9.17) is 0 Å². The number of ketones is 2. The summed E-state index contributed by atoms with van der Waals surface area (Å²) in [6.07, 6.45) is 3.08. The smallest absolute Gasteiger partial charge is 0.341 e. The Morgan fingerprint density at radius 3 is 1.94 bits per heavy atom. The molecule has 0 aliphatic heterocycles. The molecule has 0 saturated carbocycles. The van der Waals surface area contributed by atoms with E-state index in [9.17, 15) is 19.5 Å². The first-order valence-electron chi connectivity index (χ1n) is 12.3. The molecule has 0 spiro atoms. The third kappa shape index (κ3) is 11.3. The van der Waals surface area contributed by atoms with Gasteiger partial charge in [-0.05, 0) is 42.6 Å². The summed E-state index contributed by atoms with van der Waals surface area (Å²) >= 11 is 0. The van der Waals surface area contributed by atoms with Gasteiger partial charge in [0.1, 0.15) is 11.4 Å². The molecule has 1 atom stereocenters. The van der Waals surface area contributed by atoms with E-state index in [2.05, 4.69) is 33.0 Å². The first-order chi connectivity index (χ1) is 15.5. The third-order valence-corrected chi connectivity index (χ3v) is 5.66. The molecular formula is C28H43NO4. The Balaban J connectivity index is 3.23. The minimum atomic E-state index is -1.22. The zero-order chi connectivity index (χ0) is 25.0. The second-order valence-electron chi connectivity index (χ2n) is 10.3. The van der Waals surface area contributed by atoms with Crippen LogP contribution in [-0.4, -0.2) is 22.6 Å². The van der Waals surface area contributed by atoms with Gasteiger partial charge in [-0.15, -0.1) is 0 Å². The van der Waals surface area contributed by atoms with Crippen LogP contribution in [0, 0.1) is 23.7 Å². The summed E-state index contributed by atoms with van der Waals surface area (Å²) in [5, 5.41) is 13.3. The fourth-order valence-corrected chi connectivity index (χ4v) is 3.75. The van der Waals surface area contributed by atoms with E-state index in [1.807, 2.05) is 44.2 Å². The van der Waals surface area contributed by atoms with Gasteiger partial charge in [0.15, 0.2) is 5.78 Å². The van der Waals surface area contributed by atoms with Crippen molar-refractivity contribution in [2.45, 2.75) is 86.6 Å². The number of hydrogen-bond donors (Lipinski definition) is 2. The molecule has 0 aliphatic rings. The Morgan fingerprint density at radius 2 is 1.42 bits per heavy atom. The maximum atomic E-state index is 13.6. The average Bonchev–Trinajstić information content (AvgIpc) is 2.73. The highest BCUT2D eigenvalue weighted by Crippen LogP contribution is 2.25. The first-order valence-corrected chi connectivity index (χ1v) is 12.3. The van der Waals surface area contributed by atoms with Crippen LogP contribution in [-0.2, 0) is 20.9 Å². The largest absolute Gasteiger partial charge is 0.477 e. The lowest BCUT2D eigenvalue weighted by molar-refractivity contribution is -0.136. The Kier molecular flexibility index (Phi) is 12.7. The number of aliphatic carboxylic acids is 1. The summed E-state index contributed by atoms with van der Waals surface area (Å²) in [6.45, 7) is 12.7. The van der Waals surface area contributed by atoms with Crippen LogP contribution in [0.25, 0.3) is 0 Å². The van der Waals surface area contributed by atoms with E-state index in [1.54, 1.807) is 0 Å². The number of hydrogen-bond acceptors (Lipinski definition) is 4. The second-order valence-corrected chi connectivity index (χ2v) is 10.3. The van der Waals surface area contributed by atoms with E-state index in [1.165, 1.54) is 0 Å². The van der Waals surface area contributed by atoms with Crippen molar-refractivity contribution in [2.75, 3.05) is 0 Å². The summed E-state index contributed by atoms with van der Waals surface area (Å²) in [6, 6.07) is 9.70. The summed E-state index contributed by atoms with van der Waals surface area (Å²) < 4.78 is 0. The molecule has 0 aromatic heterocycles. The lowest BCUT2D eigenvalue weighted by Crippen LogP contribution is -2.29. The van der Waals surface area contributed by atoms with Crippen molar-refractivity contribution in [2.24, 2.45) is 23.7 Å². The van der Waals surface area contributed by atoms with Gasteiger partial charge in [0.25, 0.3) is 0 Å². The van der Waals surface area contributed by atoms with Gasteiger partial charge in [0.05, 0.1) is 0 Å². The summed E-state index contributed by atoms with van der Waals surface area (Å²) in [4.78, 5) is 38.5. The van der Waals surface area contributed by atoms with Crippen molar-refractivity contribution in [1.29, 1.82) is 0 Å². The lowest BCUT2D eigenvalue weighted by Gasteiger charge is -2.21. The first kappa shape index (κ1) is 28.6. The number of carbonyl (C=O) groups excluding carboxylic acids is 2. The van der Waals surface area contributed by atoms with E-state index in [0.29, 0.717) is 43.3 Å². The molecular weight excluding hydrogens is 414 g/mol. The molecule has 0 saturated heterocycles. The van der Waals surface area contributed by atoms with E-state index >= 15 is 0 Å². The standard InChI is InChI=1S/C28H43NO4/c1-19(2)12-14-23(17-24(30)15-13-20(3)4)27(31)26(28(32)33)25(16-21(5)6)29-18-22-10-8-7-9-11-22/h7-11,19-21,23,29H,12-18H2,1-6H3,(H,32,33)/b26-25+/t23-/m1/s1. The Hall–Kier alpha value is -2.43. The topological polar surface area (TPSA) is 83.5 Å². The van der Waals surface area contributed by atoms with Crippen LogP contribution in [0.1, 0.15) is 85.6 Å². The van der Waals surface area contributed by atoms with E-state index in [0.717, 1.165) is 18.4 Å². The highest BCUT2D eigenvalue weighted by atomic mass is 16.4. The highest BCUT2D eigenvalue weighted by molar-refractivity contribution is 6.18. The molecule has 2 N–H and O–H groups in total. The van der Waals surface area contributed by atoms with E-state index in [-0.39, 0.29) is 23.7 Å². The molecule has 1 aromatic rings. The van der Waals surface area contributed by atoms with Crippen LogP contribution in [0.4, 0.5) is 0 Å². The zero-order valence-electron chi connectivity index (χ0n) is 21.3. The van der Waals surface area contributed by atoms with Crippen LogP contribution >= 0.6 is 0 Å². The molecule has 0 aliphatic carbocycles. The number of rotatable bonds is 16. The summed E-state index contributed by atoms with van der Waals surface area (Å²) in [5.74, 6) is -1.25. The SMILES string of the molecule is CC(C)CCC(=O)C[C@@H](CCC(C)C)C(=O)/C(C(=O)O)=C(/CC(C)C)NCc1ccccc1. The Morgan fingerprint density at radius 1 is 0.818 bits per heavy atom. The van der Waals surface area contributed by atoms with E-state index < -0.39 is 17.7 Å². The van der Waals surface area contributed by atoms with Crippen LogP contribution in [0.15, 0.2) is 41.6 Å². The van der Waals surface area contributed by atoms with Crippen molar-refractivity contribution in [3.05, 3.63) is 47.2 Å². The number of nitrogens with one attached hydrogen (secondary N) is 1. The van der Waals surface area contributed by atoms with Gasteiger partial charge in [-0.2, -0.15) is 0 Å². The number of Topliss-reactive ketones (excluding diaryl/α,β-unsaturated/α-hetero) is 2. The highest BCUT2D eigenvalue weighted by Gasteiger charge is 2.31. The minimum absolute atomic E-state index is 0.0400. The van der Waals surface area contributed by atoms with Gasteiger partial charge in [-0.1, -0.05) is 78.3 Å². The molecule has 0 radical (unpaired) electrons. The number of carbonyl (C=O) groups is 3. The monoisotopic (exact) mass is 457 g/mol. The predicted octanol–water partition coefficient (Wildman–Crippen LogP) is 6.18. The molecule has 33 heavy (non-hydrogen) atoms. The van der Waals surface area contributed by atoms with Crippen LogP contribution < -0.4 is 5.32 Å². The fourth-order valence-electron chi connectivity index (χ4n) is 3.75. The molecule has 5 heteroatoms. The van der Waals surface area contributed by atoms with Crippen molar-refractivity contribution in [3.63, 3.8) is 0 Å². The molecule has 1 rings (SSSR count). The van der Waals surface area contributed by atoms with Gasteiger partial charge >= 0.3 is 5.97 Å². The fraction of sp³-hybridized carbons (Fsp3) is 0.607. The molecule has 1 aromatic carbocycles. The maximum Gasteiger partial charge on any atom is 0.341 e. The molecule has 0 heterocycles. The zero-order valence-corrected chi connectivity index (χ0v) is 21.3. The van der Waals surface area contributed by atoms with Crippen LogP contribution in [0.5, 0.6) is 0 Å². The predicted molar refractivity (Wildman–Crippen MR) is 134 cm³/mol. The van der Waals surface area contributed by atoms with Crippen molar-refractivity contribution < 1.29 is 19.5 Å². The van der Waals surface area contributed by atoms with Crippen molar-refractivity contribution >= 4 is 17.5 Å². The molecule has 184 valence electrons. The second kappa shape index (κ2) is 14.7. The van der Waals surface area contributed by atoms with Crippen LogP contribution in [0.2, 0.25) is 0 Å². The lowest BCUT2D eigenvalue weighted by atomic mass is 9.84. The molecule has 0 bridgehead atoms. The summed E-state index contributed by atoms with van der Waals surface area (Å²) in [7, 11) is 0. The minimum Gasteiger partial charge on any atom is -0.477 e. The van der Waals surface area contributed by atoms with Crippen LogP contribution in [0.3, 0.4) is 0 Å². The van der Waals surface area contributed by atoms with Crippen molar-refractivity contribution in [1.82, 2.24) is 5.32 Å². The molecule has 5 nitrogen and oxygen atoms in total. The number of benzene rings is 1. The van der Waals surface area contributed by atoms with Gasteiger partial charge < -0.3 is 10.4 Å².